The zero-order chi connectivity index (χ0) is 19.6. The van der Waals surface area contributed by atoms with Gasteiger partial charge >= 0.3 is 11.9 Å². The summed E-state index contributed by atoms with van der Waals surface area (Å²) in [5, 5.41) is 36.4. The lowest BCUT2D eigenvalue weighted by Gasteiger charge is -2.02. The molecule has 0 rings (SSSR count). The molecule has 6 heteroatoms. The summed E-state index contributed by atoms with van der Waals surface area (Å²) in [7, 11) is 0. The summed E-state index contributed by atoms with van der Waals surface area (Å²) in [6.07, 6.45) is 16.6. The molecule has 0 heterocycles. The quantitative estimate of drug-likeness (QED) is 0.201. The van der Waals surface area contributed by atoms with Gasteiger partial charge in [-0.1, -0.05) is 48.6 Å². The number of carboxylic acids is 2. The zero-order valence-corrected chi connectivity index (χ0v) is 15.0. The van der Waals surface area contributed by atoms with Gasteiger partial charge in [-0.15, -0.1) is 0 Å². The van der Waals surface area contributed by atoms with Crippen molar-refractivity contribution in [3.05, 3.63) is 48.6 Å². The molecule has 0 fully saturated rings. The Labute approximate surface area is 154 Å². The highest BCUT2D eigenvalue weighted by atomic mass is 16.4. The Balaban J connectivity index is 3.80. The second-order valence-electron chi connectivity index (χ2n) is 5.92. The first kappa shape index (κ1) is 23.8. The smallest absolute Gasteiger partial charge is 0.303 e. The number of hydrogen-bond donors (Lipinski definition) is 4. The van der Waals surface area contributed by atoms with Crippen molar-refractivity contribution in [3.63, 3.8) is 0 Å². The summed E-state index contributed by atoms with van der Waals surface area (Å²) < 4.78 is 0. The Morgan fingerprint density at radius 1 is 0.731 bits per heavy atom. The van der Waals surface area contributed by atoms with Crippen molar-refractivity contribution >= 4 is 11.9 Å². The lowest BCUT2D eigenvalue weighted by Crippen LogP contribution is -2.03. The number of aliphatic hydroxyl groups is 2. The third-order valence-electron chi connectivity index (χ3n) is 3.45. The minimum Gasteiger partial charge on any atom is -0.481 e. The van der Waals surface area contributed by atoms with Crippen molar-refractivity contribution < 1.29 is 30.0 Å². The van der Waals surface area contributed by atoms with Crippen LogP contribution in [0.15, 0.2) is 48.6 Å². The SMILES string of the molecule is O=C(O)CCCC/C=C\CC(O)/C=C/C=C/C=C\C(O)CCCC(=O)O. The van der Waals surface area contributed by atoms with E-state index in [2.05, 4.69) is 0 Å². The van der Waals surface area contributed by atoms with Gasteiger partial charge in [0.05, 0.1) is 12.2 Å². The summed E-state index contributed by atoms with van der Waals surface area (Å²) in [5.74, 6) is -1.64. The molecular weight excluding hydrogens is 336 g/mol. The monoisotopic (exact) mass is 366 g/mol. The van der Waals surface area contributed by atoms with E-state index < -0.39 is 24.1 Å². The number of carbonyl (C=O) groups is 2. The Morgan fingerprint density at radius 2 is 1.31 bits per heavy atom. The van der Waals surface area contributed by atoms with Gasteiger partial charge in [0.25, 0.3) is 0 Å². The molecule has 146 valence electrons. The summed E-state index contributed by atoms with van der Waals surface area (Å²) in [6.45, 7) is 0. The molecule has 0 saturated heterocycles. The van der Waals surface area contributed by atoms with Crippen LogP contribution < -0.4 is 0 Å². The molecule has 0 spiro atoms. The zero-order valence-electron chi connectivity index (χ0n) is 15.0. The molecule has 0 radical (unpaired) electrons. The van der Waals surface area contributed by atoms with E-state index in [1.807, 2.05) is 12.2 Å². The first-order chi connectivity index (χ1) is 12.4. The molecule has 0 saturated carbocycles. The van der Waals surface area contributed by atoms with Gasteiger partial charge in [0.15, 0.2) is 0 Å². The summed E-state index contributed by atoms with van der Waals surface area (Å²) in [5.41, 5.74) is 0. The van der Waals surface area contributed by atoms with Crippen LogP contribution in [0.4, 0.5) is 0 Å². The van der Waals surface area contributed by atoms with Crippen LogP contribution in [0, 0.1) is 0 Å². The topological polar surface area (TPSA) is 115 Å². The lowest BCUT2D eigenvalue weighted by atomic mass is 10.1. The average Bonchev–Trinajstić information content (AvgIpc) is 2.56. The van der Waals surface area contributed by atoms with Gasteiger partial charge in [0.2, 0.25) is 0 Å². The predicted molar refractivity (Wildman–Crippen MR) is 101 cm³/mol. The Morgan fingerprint density at radius 3 is 1.92 bits per heavy atom. The third-order valence-corrected chi connectivity index (χ3v) is 3.45. The summed E-state index contributed by atoms with van der Waals surface area (Å²) >= 11 is 0. The summed E-state index contributed by atoms with van der Waals surface area (Å²) in [6, 6.07) is 0. The van der Waals surface area contributed by atoms with Gasteiger partial charge in [-0.05, 0) is 38.5 Å². The van der Waals surface area contributed by atoms with Crippen LogP contribution in [0.3, 0.4) is 0 Å². The minimum absolute atomic E-state index is 0.0537. The van der Waals surface area contributed by atoms with E-state index in [9.17, 15) is 19.8 Å². The molecule has 2 unspecified atom stereocenters. The molecule has 0 aromatic heterocycles. The normalized spacial score (nSPS) is 14.7. The van der Waals surface area contributed by atoms with Crippen molar-refractivity contribution in [2.75, 3.05) is 0 Å². The van der Waals surface area contributed by atoms with Gasteiger partial charge in [-0.2, -0.15) is 0 Å². The minimum atomic E-state index is -0.863. The maximum Gasteiger partial charge on any atom is 0.303 e. The van der Waals surface area contributed by atoms with Crippen LogP contribution >= 0.6 is 0 Å². The van der Waals surface area contributed by atoms with Gasteiger partial charge in [-0.25, -0.2) is 0 Å². The van der Waals surface area contributed by atoms with E-state index in [1.54, 1.807) is 36.5 Å². The fourth-order valence-electron chi connectivity index (χ4n) is 2.04. The number of hydrogen-bond acceptors (Lipinski definition) is 4. The maximum absolute atomic E-state index is 10.4. The molecule has 0 aliphatic heterocycles. The second kappa shape index (κ2) is 16.3. The van der Waals surface area contributed by atoms with Gasteiger partial charge in [-0.3, -0.25) is 9.59 Å². The third kappa shape index (κ3) is 18.2. The fourth-order valence-corrected chi connectivity index (χ4v) is 2.04. The average molecular weight is 366 g/mol. The molecular formula is C20H30O6. The van der Waals surface area contributed by atoms with Crippen LogP contribution in [0.25, 0.3) is 0 Å². The van der Waals surface area contributed by atoms with Crippen molar-refractivity contribution in [3.8, 4) is 0 Å². The molecule has 0 aromatic rings. The number of allylic oxidation sites excluding steroid dienone is 5. The standard InChI is InChI=1S/C20H30O6/c21-17(11-6-2-1-3-9-15-19(23)24)12-7-4-5-8-13-18(22)14-10-16-20(25)26/h2,4-8,12-13,17-18,21-22H,1,3,9-11,14-16H2,(H,23,24)(H,25,26)/b5-4+,6-2-,12-7+,13-8-. The summed E-state index contributed by atoms with van der Waals surface area (Å²) in [4.78, 5) is 20.7. The number of aliphatic carboxylic acids is 2. The van der Waals surface area contributed by atoms with E-state index in [0.717, 1.165) is 12.8 Å². The van der Waals surface area contributed by atoms with E-state index in [1.165, 1.54) is 0 Å². The van der Waals surface area contributed by atoms with Crippen molar-refractivity contribution in [2.45, 2.75) is 63.6 Å². The first-order valence-corrected chi connectivity index (χ1v) is 8.88. The number of aliphatic hydroxyl groups excluding tert-OH is 2. The van der Waals surface area contributed by atoms with Crippen LogP contribution in [-0.2, 0) is 9.59 Å². The van der Waals surface area contributed by atoms with Gasteiger partial charge in [0, 0.05) is 12.8 Å². The predicted octanol–water partition coefficient (Wildman–Crippen LogP) is 3.22. The number of rotatable bonds is 15. The molecule has 26 heavy (non-hydrogen) atoms. The van der Waals surface area contributed by atoms with E-state index in [4.69, 9.17) is 10.2 Å². The Hall–Kier alpha value is -2.18. The van der Waals surface area contributed by atoms with Crippen LogP contribution in [0.2, 0.25) is 0 Å². The molecule has 6 nitrogen and oxygen atoms in total. The number of carboxylic acid groups (broad SMARTS) is 2. The highest BCUT2D eigenvalue weighted by Crippen LogP contribution is 2.04. The van der Waals surface area contributed by atoms with E-state index in [-0.39, 0.29) is 12.8 Å². The van der Waals surface area contributed by atoms with Crippen LogP contribution in [-0.4, -0.2) is 44.6 Å². The van der Waals surface area contributed by atoms with Gasteiger partial charge in [0.1, 0.15) is 0 Å². The molecule has 2 atom stereocenters. The first-order valence-electron chi connectivity index (χ1n) is 8.88. The molecule has 0 bridgehead atoms. The van der Waals surface area contributed by atoms with Crippen LogP contribution in [0.1, 0.15) is 51.4 Å². The van der Waals surface area contributed by atoms with E-state index >= 15 is 0 Å². The lowest BCUT2D eigenvalue weighted by molar-refractivity contribution is -0.138. The molecule has 0 aliphatic carbocycles. The van der Waals surface area contributed by atoms with Crippen LogP contribution in [0.5, 0.6) is 0 Å². The Bertz CT molecular complexity index is 504. The molecule has 0 aliphatic rings. The Kier molecular flexibility index (Phi) is 14.9. The molecule has 0 aromatic carbocycles. The highest BCUT2D eigenvalue weighted by Gasteiger charge is 2.01. The number of unbranched alkanes of at least 4 members (excludes halogenated alkanes) is 2. The second-order valence-corrected chi connectivity index (χ2v) is 5.92. The van der Waals surface area contributed by atoms with Gasteiger partial charge < -0.3 is 20.4 Å². The largest absolute Gasteiger partial charge is 0.481 e. The van der Waals surface area contributed by atoms with Crippen molar-refractivity contribution in [1.82, 2.24) is 0 Å². The maximum atomic E-state index is 10.4. The highest BCUT2D eigenvalue weighted by molar-refractivity contribution is 5.66. The fraction of sp³-hybridized carbons (Fsp3) is 0.500. The van der Waals surface area contributed by atoms with E-state index in [0.29, 0.717) is 25.7 Å². The molecule has 0 amide bonds. The molecule has 4 N–H and O–H groups in total. The van der Waals surface area contributed by atoms with Crippen molar-refractivity contribution in [2.24, 2.45) is 0 Å². The van der Waals surface area contributed by atoms with Crippen molar-refractivity contribution in [1.29, 1.82) is 0 Å².